The first-order valence-corrected chi connectivity index (χ1v) is 10.2. The summed E-state index contributed by atoms with van der Waals surface area (Å²) < 4.78 is 11.3. The average molecular weight is 350 g/mol. The summed E-state index contributed by atoms with van der Waals surface area (Å²) >= 11 is 1.97. The van der Waals surface area contributed by atoms with Crippen LogP contribution in [-0.2, 0) is 16.1 Å². The summed E-state index contributed by atoms with van der Waals surface area (Å²) in [5.41, 5.74) is 1.21. The van der Waals surface area contributed by atoms with Gasteiger partial charge in [0.2, 0.25) is 5.91 Å². The van der Waals surface area contributed by atoms with Gasteiger partial charge in [0.1, 0.15) is 0 Å². The molecule has 0 aliphatic carbocycles. The maximum atomic E-state index is 12.8. The van der Waals surface area contributed by atoms with Crippen LogP contribution in [0.5, 0.6) is 0 Å². The number of fused-ring (bicyclic) bond motifs is 1. The number of rotatable bonds is 3. The van der Waals surface area contributed by atoms with Crippen LogP contribution in [-0.4, -0.2) is 66.1 Å². The van der Waals surface area contributed by atoms with Crippen LogP contribution in [0.25, 0.3) is 0 Å². The lowest BCUT2D eigenvalue weighted by atomic mass is 10.0. The SMILES string of the molecule is O=C(C1CCSCC1)N1C[C@@H]2CN(Cc3ccoc3)CCO[C@@H]2C1. The van der Waals surface area contributed by atoms with Gasteiger partial charge in [0.25, 0.3) is 0 Å². The standard InChI is InChI=1S/C18H26N2O3S/c21-18(15-2-7-24-8-3-15)20-11-16-10-19(4-6-23-17(16)12-20)9-14-1-5-22-13-14/h1,5,13,15-17H,2-4,6-12H2/t16-,17+/m0/s1. The van der Waals surface area contributed by atoms with E-state index in [1.807, 2.05) is 24.1 Å². The van der Waals surface area contributed by atoms with E-state index in [1.165, 1.54) is 5.56 Å². The Morgan fingerprint density at radius 3 is 2.92 bits per heavy atom. The topological polar surface area (TPSA) is 45.9 Å². The number of carbonyl (C=O) groups excluding carboxylic acids is 1. The van der Waals surface area contributed by atoms with E-state index in [0.29, 0.717) is 11.8 Å². The maximum absolute atomic E-state index is 12.8. The summed E-state index contributed by atoms with van der Waals surface area (Å²) in [5, 5.41) is 0. The highest BCUT2D eigenvalue weighted by Gasteiger charge is 2.40. The molecule has 0 saturated carbocycles. The Hall–Kier alpha value is -0.980. The normalized spacial score (nSPS) is 29.4. The number of ether oxygens (including phenoxy) is 1. The molecule has 1 aromatic heterocycles. The van der Waals surface area contributed by atoms with Gasteiger partial charge in [0.05, 0.1) is 25.2 Å². The molecule has 6 heteroatoms. The number of likely N-dealkylation sites (tertiary alicyclic amines) is 1. The van der Waals surface area contributed by atoms with Crippen molar-refractivity contribution in [2.24, 2.45) is 11.8 Å². The lowest BCUT2D eigenvalue weighted by Crippen LogP contribution is -2.38. The molecule has 0 radical (unpaired) electrons. The summed E-state index contributed by atoms with van der Waals surface area (Å²) in [4.78, 5) is 17.3. The van der Waals surface area contributed by atoms with E-state index in [0.717, 1.165) is 63.7 Å². The fourth-order valence-electron chi connectivity index (χ4n) is 4.13. The van der Waals surface area contributed by atoms with Crippen LogP contribution < -0.4 is 0 Å². The third-order valence-electron chi connectivity index (χ3n) is 5.48. The molecule has 3 aliphatic heterocycles. The van der Waals surface area contributed by atoms with Gasteiger partial charge in [0, 0.05) is 50.1 Å². The minimum atomic E-state index is 0.210. The summed E-state index contributed by atoms with van der Waals surface area (Å²) in [6.45, 7) is 5.24. The number of hydrogen-bond acceptors (Lipinski definition) is 5. The van der Waals surface area contributed by atoms with E-state index in [2.05, 4.69) is 9.80 Å². The minimum absolute atomic E-state index is 0.210. The quantitative estimate of drug-likeness (QED) is 0.835. The molecule has 0 aromatic carbocycles. The van der Waals surface area contributed by atoms with Crippen molar-refractivity contribution in [1.82, 2.24) is 9.80 Å². The Bertz CT molecular complexity index is 544. The van der Waals surface area contributed by atoms with Gasteiger partial charge in [-0.15, -0.1) is 0 Å². The van der Waals surface area contributed by atoms with Crippen molar-refractivity contribution in [2.45, 2.75) is 25.5 Å². The molecule has 5 nitrogen and oxygen atoms in total. The molecule has 1 aromatic rings. The number of amides is 1. The molecule has 0 bridgehead atoms. The summed E-state index contributed by atoms with van der Waals surface area (Å²) in [7, 11) is 0. The molecule has 1 amide bonds. The van der Waals surface area contributed by atoms with Crippen molar-refractivity contribution >= 4 is 17.7 Å². The first kappa shape index (κ1) is 16.5. The number of nitrogens with zero attached hydrogens (tertiary/aromatic N) is 2. The minimum Gasteiger partial charge on any atom is -0.472 e. The zero-order valence-electron chi connectivity index (χ0n) is 14.1. The van der Waals surface area contributed by atoms with E-state index in [1.54, 1.807) is 6.26 Å². The number of carbonyl (C=O) groups is 1. The second-order valence-corrected chi connectivity index (χ2v) is 8.39. The molecule has 0 spiro atoms. The molecule has 3 fully saturated rings. The molecule has 3 aliphatic rings. The first-order valence-electron chi connectivity index (χ1n) is 9.01. The fourth-order valence-corrected chi connectivity index (χ4v) is 5.24. The van der Waals surface area contributed by atoms with Gasteiger partial charge >= 0.3 is 0 Å². The predicted molar refractivity (Wildman–Crippen MR) is 93.8 cm³/mol. The Kier molecular flexibility index (Phi) is 5.15. The van der Waals surface area contributed by atoms with Crippen LogP contribution in [0.15, 0.2) is 23.0 Å². The van der Waals surface area contributed by atoms with E-state index < -0.39 is 0 Å². The molecule has 2 atom stereocenters. The van der Waals surface area contributed by atoms with Gasteiger partial charge < -0.3 is 14.1 Å². The Morgan fingerprint density at radius 2 is 2.12 bits per heavy atom. The van der Waals surface area contributed by atoms with Crippen LogP contribution in [0.2, 0.25) is 0 Å². The molecule has 0 unspecified atom stereocenters. The maximum Gasteiger partial charge on any atom is 0.225 e. The van der Waals surface area contributed by atoms with E-state index in [9.17, 15) is 4.79 Å². The second kappa shape index (κ2) is 7.50. The third-order valence-corrected chi connectivity index (χ3v) is 6.53. The van der Waals surface area contributed by atoms with Crippen molar-refractivity contribution in [2.75, 3.05) is 44.3 Å². The highest BCUT2D eigenvalue weighted by molar-refractivity contribution is 7.99. The third kappa shape index (κ3) is 3.65. The second-order valence-electron chi connectivity index (χ2n) is 7.17. The Morgan fingerprint density at radius 1 is 1.25 bits per heavy atom. The largest absolute Gasteiger partial charge is 0.472 e. The summed E-state index contributed by atoms with van der Waals surface area (Å²) in [6, 6.07) is 2.02. The van der Waals surface area contributed by atoms with Crippen LogP contribution in [0.4, 0.5) is 0 Å². The zero-order chi connectivity index (χ0) is 16.4. The van der Waals surface area contributed by atoms with Crippen molar-refractivity contribution in [3.63, 3.8) is 0 Å². The molecule has 24 heavy (non-hydrogen) atoms. The molecular weight excluding hydrogens is 324 g/mol. The number of thioether (sulfide) groups is 1. The van der Waals surface area contributed by atoms with Crippen LogP contribution in [0.3, 0.4) is 0 Å². The number of hydrogen-bond donors (Lipinski definition) is 0. The molecule has 4 rings (SSSR count). The van der Waals surface area contributed by atoms with Crippen molar-refractivity contribution in [3.8, 4) is 0 Å². The van der Waals surface area contributed by atoms with Gasteiger partial charge in [-0.1, -0.05) is 0 Å². The van der Waals surface area contributed by atoms with Gasteiger partial charge in [-0.25, -0.2) is 0 Å². The molecule has 4 heterocycles. The van der Waals surface area contributed by atoms with Crippen molar-refractivity contribution in [3.05, 3.63) is 24.2 Å². The van der Waals surface area contributed by atoms with E-state index in [-0.39, 0.29) is 12.0 Å². The van der Waals surface area contributed by atoms with E-state index in [4.69, 9.17) is 9.15 Å². The van der Waals surface area contributed by atoms with Crippen LogP contribution >= 0.6 is 11.8 Å². The van der Waals surface area contributed by atoms with Gasteiger partial charge in [-0.05, 0) is 30.4 Å². The summed E-state index contributed by atoms with van der Waals surface area (Å²) in [5.74, 6) is 3.31. The molecular formula is C18H26N2O3S. The van der Waals surface area contributed by atoms with Gasteiger partial charge in [-0.2, -0.15) is 11.8 Å². The van der Waals surface area contributed by atoms with Crippen LogP contribution in [0.1, 0.15) is 18.4 Å². The molecule has 132 valence electrons. The molecule has 3 saturated heterocycles. The lowest BCUT2D eigenvalue weighted by Gasteiger charge is -2.27. The predicted octanol–water partition coefficient (Wildman–Crippen LogP) is 2.08. The Labute approximate surface area is 147 Å². The number of furan rings is 1. The average Bonchev–Trinajstić information content (AvgIpc) is 3.22. The highest BCUT2D eigenvalue weighted by Crippen LogP contribution is 2.29. The first-order chi connectivity index (χ1) is 11.8. The Balaban J connectivity index is 1.36. The van der Waals surface area contributed by atoms with Crippen molar-refractivity contribution < 1.29 is 13.9 Å². The smallest absolute Gasteiger partial charge is 0.225 e. The molecule has 0 N–H and O–H groups in total. The van der Waals surface area contributed by atoms with Crippen LogP contribution in [0, 0.1) is 11.8 Å². The highest BCUT2D eigenvalue weighted by atomic mass is 32.2. The van der Waals surface area contributed by atoms with Gasteiger partial charge in [-0.3, -0.25) is 9.69 Å². The van der Waals surface area contributed by atoms with Crippen molar-refractivity contribution in [1.29, 1.82) is 0 Å². The van der Waals surface area contributed by atoms with E-state index >= 15 is 0 Å². The van der Waals surface area contributed by atoms with Gasteiger partial charge in [0.15, 0.2) is 0 Å². The fraction of sp³-hybridized carbons (Fsp3) is 0.722. The summed E-state index contributed by atoms with van der Waals surface area (Å²) in [6.07, 6.45) is 5.84. The lowest BCUT2D eigenvalue weighted by molar-refractivity contribution is -0.135. The zero-order valence-corrected chi connectivity index (χ0v) is 14.9. The monoisotopic (exact) mass is 350 g/mol.